The summed E-state index contributed by atoms with van der Waals surface area (Å²) in [6.07, 6.45) is 2.86. The van der Waals surface area contributed by atoms with Crippen LogP contribution in [0.25, 0.3) is 0 Å². The molecule has 1 nitrogen and oxygen atoms in total. The second kappa shape index (κ2) is 6.24. The van der Waals surface area contributed by atoms with E-state index in [-0.39, 0.29) is 0 Å². The Bertz CT molecular complexity index is 555. The highest BCUT2D eigenvalue weighted by atomic mass is 14.9. The maximum absolute atomic E-state index is 3.85. The average Bonchev–Trinajstić information content (AvgIpc) is 2.39. The van der Waals surface area contributed by atoms with Crippen molar-refractivity contribution in [1.29, 1.82) is 0 Å². The van der Waals surface area contributed by atoms with Crippen LogP contribution in [0.1, 0.15) is 22.3 Å². The molecule has 1 N–H and O–H groups in total. The van der Waals surface area contributed by atoms with Crippen molar-refractivity contribution in [3.8, 4) is 0 Å². The second-order valence-electron chi connectivity index (χ2n) is 4.95. The summed E-state index contributed by atoms with van der Waals surface area (Å²) in [7, 11) is 0. The van der Waals surface area contributed by atoms with Crippen molar-refractivity contribution < 1.29 is 0 Å². The van der Waals surface area contributed by atoms with Gasteiger partial charge in [0, 0.05) is 12.2 Å². The van der Waals surface area contributed by atoms with E-state index in [1.165, 1.54) is 27.9 Å². The van der Waals surface area contributed by atoms with Crippen LogP contribution in [0.4, 0.5) is 5.69 Å². The summed E-state index contributed by atoms with van der Waals surface area (Å²) in [6, 6.07) is 14.9. The van der Waals surface area contributed by atoms with Crippen molar-refractivity contribution in [2.45, 2.75) is 26.8 Å². The van der Waals surface area contributed by atoms with Gasteiger partial charge >= 0.3 is 0 Å². The van der Waals surface area contributed by atoms with Gasteiger partial charge in [-0.15, -0.1) is 6.58 Å². The molecular formula is C18H21N. The zero-order chi connectivity index (χ0) is 13.7. The first-order valence-electron chi connectivity index (χ1n) is 6.69. The van der Waals surface area contributed by atoms with Gasteiger partial charge in [-0.25, -0.2) is 0 Å². The third-order valence-corrected chi connectivity index (χ3v) is 3.24. The highest BCUT2D eigenvalue weighted by Crippen LogP contribution is 2.24. The maximum atomic E-state index is 3.85. The van der Waals surface area contributed by atoms with Gasteiger partial charge in [-0.05, 0) is 37.0 Å². The van der Waals surface area contributed by atoms with Gasteiger partial charge in [0.2, 0.25) is 0 Å². The minimum atomic E-state index is 0.856. The first-order valence-corrected chi connectivity index (χ1v) is 6.69. The number of allylic oxidation sites excluding steroid dienone is 1. The fourth-order valence-corrected chi connectivity index (χ4v) is 2.41. The van der Waals surface area contributed by atoms with Crippen molar-refractivity contribution >= 4 is 5.69 Å². The maximum Gasteiger partial charge on any atom is 0.0408 e. The largest absolute Gasteiger partial charge is 0.381 e. The fourth-order valence-electron chi connectivity index (χ4n) is 2.41. The third kappa shape index (κ3) is 3.47. The van der Waals surface area contributed by atoms with Crippen molar-refractivity contribution in [2.75, 3.05) is 5.32 Å². The lowest BCUT2D eigenvalue weighted by Crippen LogP contribution is -2.04. The minimum absolute atomic E-state index is 0.856. The van der Waals surface area contributed by atoms with Crippen LogP contribution in [0.15, 0.2) is 55.1 Å². The zero-order valence-electron chi connectivity index (χ0n) is 11.7. The summed E-state index contributed by atoms with van der Waals surface area (Å²) < 4.78 is 0. The predicted octanol–water partition coefficient (Wildman–Crippen LogP) is 4.64. The van der Waals surface area contributed by atoms with E-state index in [4.69, 9.17) is 0 Å². The number of hydrogen-bond acceptors (Lipinski definition) is 1. The molecular weight excluding hydrogens is 230 g/mol. The molecule has 0 spiro atoms. The van der Waals surface area contributed by atoms with E-state index in [0.29, 0.717) is 0 Å². The Kier molecular flexibility index (Phi) is 4.40. The fraction of sp³-hybridized carbons (Fsp3) is 0.222. The van der Waals surface area contributed by atoms with Gasteiger partial charge in [0.1, 0.15) is 0 Å². The van der Waals surface area contributed by atoms with Crippen molar-refractivity contribution in [2.24, 2.45) is 0 Å². The van der Waals surface area contributed by atoms with Gasteiger partial charge in [-0.2, -0.15) is 0 Å². The van der Waals surface area contributed by atoms with Crippen LogP contribution < -0.4 is 5.32 Å². The molecule has 2 aromatic carbocycles. The zero-order valence-corrected chi connectivity index (χ0v) is 11.7. The van der Waals surface area contributed by atoms with E-state index in [9.17, 15) is 0 Å². The van der Waals surface area contributed by atoms with Gasteiger partial charge in [0.25, 0.3) is 0 Å². The average molecular weight is 251 g/mol. The molecule has 98 valence electrons. The lowest BCUT2D eigenvalue weighted by molar-refractivity contribution is 1.11. The van der Waals surface area contributed by atoms with E-state index in [2.05, 4.69) is 62.1 Å². The van der Waals surface area contributed by atoms with Crippen LogP contribution in [0.5, 0.6) is 0 Å². The molecule has 0 aliphatic rings. The quantitative estimate of drug-likeness (QED) is 0.763. The van der Waals surface area contributed by atoms with Crippen LogP contribution in [0.3, 0.4) is 0 Å². The van der Waals surface area contributed by atoms with Crippen molar-refractivity contribution in [1.82, 2.24) is 0 Å². The molecule has 0 saturated carbocycles. The lowest BCUT2D eigenvalue weighted by Gasteiger charge is -2.15. The van der Waals surface area contributed by atoms with E-state index in [1.54, 1.807) is 0 Å². The molecule has 0 amide bonds. The Morgan fingerprint density at radius 2 is 1.84 bits per heavy atom. The smallest absolute Gasteiger partial charge is 0.0408 e. The standard InChI is InChI=1S/C18H21N/c1-4-8-17-12-14(2)11-15(3)18(17)19-13-16-9-6-5-7-10-16/h4-7,9-12,19H,1,8,13H2,2-3H3. The van der Waals surface area contributed by atoms with Crippen LogP contribution in [0.2, 0.25) is 0 Å². The molecule has 2 rings (SSSR count). The highest BCUT2D eigenvalue weighted by molar-refractivity contribution is 5.59. The molecule has 1 heteroatoms. The predicted molar refractivity (Wildman–Crippen MR) is 83.6 cm³/mol. The van der Waals surface area contributed by atoms with Crippen molar-refractivity contribution in [3.63, 3.8) is 0 Å². The van der Waals surface area contributed by atoms with E-state index in [1.807, 2.05) is 12.1 Å². The van der Waals surface area contributed by atoms with Crippen LogP contribution >= 0.6 is 0 Å². The van der Waals surface area contributed by atoms with Crippen LogP contribution in [0, 0.1) is 13.8 Å². The Morgan fingerprint density at radius 1 is 1.11 bits per heavy atom. The van der Waals surface area contributed by atoms with E-state index < -0.39 is 0 Å². The summed E-state index contributed by atoms with van der Waals surface area (Å²) in [5.41, 5.74) is 6.47. The Hall–Kier alpha value is -2.02. The first kappa shape index (κ1) is 13.4. The lowest BCUT2D eigenvalue weighted by atomic mass is 10.0. The molecule has 0 heterocycles. The normalized spacial score (nSPS) is 10.2. The van der Waals surface area contributed by atoms with Crippen LogP contribution in [-0.2, 0) is 13.0 Å². The molecule has 0 aromatic heterocycles. The Balaban J connectivity index is 2.21. The number of rotatable bonds is 5. The molecule has 0 aliphatic heterocycles. The van der Waals surface area contributed by atoms with E-state index in [0.717, 1.165) is 13.0 Å². The summed E-state index contributed by atoms with van der Waals surface area (Å²) >= 11 is 0. The molecule has 0 aliphatic carbocycles. The minimum Gasteiger partial charge on any atom is -0.381 e. The van der Waals surface area contributed by atoms with Crippen LogP contribution in [-0.4, -0.2) is 0 Å². The molecule has 0 saturated heterocycles. The number of nitrogens with one attached hydrogen (secondary N) is 1. The summed E-state index contributed by atoms with van der Waals surface area (Å²) in [5, 5.41) is 3.56. The van der Waals surface area contributed by atoms with Gasteiger partial charge in [-0.1, -0.05) is 54.1 Å². The Labute approximate surface area is 116 Å². The molecule has 0 fully saturated rings. The number of aryl methyl sites for hydroxylation is 2. The summed E-state index contributed by atoms with van der Waals surface area (Å²) in [4.78, 5) is 0. The monoisotopic (exact) mass is 251 g/mol. The van der Waals surface area contributed by atoms with Gasteiger partial charge in [0.05, 0.1) is 0 Å². The first-order chi connectivity index (χ1) is 9.20. The molecule has 0 radical (unpaired) electrons. The van der Waals surface area contributed by atoms with E-state index >= 15 is 0 Å². The Morgan fingerprint density at radius 3 is 2.53 bits per heavy atom. The molecule has 0 bridgehead atoms. The number of benzene rings is 2. The summed E-state index contributed by atoms with van der Waals surface area (Å²) in [6.45, 7) is 9.00. The molecule has 0 atom stereocenters. The summed E-state index contributed by atoms with van der Waals surface area (Å²) in [5.74, 6) is 0. The number of hydrogen-bond donors (Lipinski definition) is 1. The molecule has 0 unspecified atom stereocenters. The van der Waals surface area contributed by atoms with Gasteiger partial charge in [-0.3, -0.25) is 0 Å². The molecule has 2 aromatic rings. The topological polar surface area (TPSA) is 12.0 Å². The van der Waals surface area contributed by atoms with Crippen molar-refractivity contribution in [3.05, 3.63) is 77.4 Å². The molecule has 19 heavy (non-hydrogen) atoms. The van der Waals surface area contributed by atoms with Gasteiger partial charge in [0.15, 0.2) is 0 Å². The van der Waals surface area contributed by atoms with Gasteiger partial charge < -0.3 is 5.32 Å². The second-order valence-corrected chi connectivity index (χ2v) is 4.95. The third-order valence-electron chi connectivity index (χ3n) is 3.24. The SMILES string of the molecule is C=CCc1cc(C)cc(C)c1NCc1ccccc1. The number of anilines is 1. The highest BCUT2D eigenvalue weighted by Gasteiger charge is 2.05.